The normalized spacial score (nSPS) is 10.6. The maximum atomic E-state index is 11.1. The first-order valence-corrected chi connectivity index (χ1v) is 7.71. The molecule has 3 rings (SSSR count). The van der Waals surface area contributed by atoms with Crippen molar-refractivity contribution in [3.05, 3.63) is 53.9 Å². The molecule has 5 N–H and O–H groups in total. The molecular weight excluding hydrogens is 318 g/mol. The highest BCUT2D eigenvalue weighted by atomic mass is 16.4. The molecular formula is C18H17N5O2. The molecule has 0 saturated heterocycles. The fourth-order valence-corrected chi connectivity index (χ4v) is 2.62. The van der Waals surface area contributed by atoms with Gasteiger partial charge >= 0.3 is 5.97 Å². The van der Waals surface area contributed by atoms with Crippen molar-refractivity contribution in [1.82, 2.24) is 15.0 Å². The van der Waals surface area contributed by atoms with E-state index >= 15 is 0 Å². The maximum absolute atomic E-state index is 11.1. The lowest BCUT2D eigenvalue weighted by Crippen LogP contribution is -2.05. The molecule has 1 aromatic carbocycles. The summed E-state index contributed by atoms with van der Waals surface area (Å²) in [4.78, 5) is 23.9. The molecule has 7 nitrogen and oxygen atoms in total. The predicted molar refractivity (Wildman–Crippen MR) is 95.9 cm³/mol. The molecule has 2 aromatic heterocycles. The summed E-state index contributed by atoms with van der Waals surface area (Å²) in [6.45, 7) is 1.98. The van der Waals surface area contributed by atoms with Crippen LogP contribution in [0, 0.1) is 0 Å². The number of benzene rings is 1. The first kappa shape index (κ1) is 16.4. The Morgan fingerprint density at radius 1 is 1.04 bits per heavy atom. The Bertz CT molecular complexity index is 921. The molecule has 0 spiro atoms. The van der Waals surface area contributed by atoms with Gasteiger partial charge in [0.2, 0.25) is 5.95 Å². The molecule has 0 fully saturated rings. The van der Waals surface area contributed by atoms with E-state index in [9.17, 15) is 4.79 Å². The number of hydrogen-bond donors (Lipinski definition) is 3. The van der Waals surface area contributed by atoms with Crippen molar-refractivity contribution < 1.29 is 9.90 Å². The minimum Gasteiger partial charge on any atom is -0.478 e. The minimum atomic E-state index is -0.981. The van der Waals surface area contributed by atoms with Gasteiger partial charge in [0, 0.05) is 22.9 Å². The van der Waals surface area contributed by atoms with E-state index in [0.717, 1.165) is 22.4 Å². The monoisotopic (exact) mass is 335 g/mol. The summed E-state index contributed by atoms with van der Waals surface area (Å²) in [5, 5.41) is 9.07. The second kappa shape index (κ2) is 6.56. The molecule has 3 aromatic rings. The first-order valence-electron chi connectivity index (χ1n) is 7.71. The van der Waals surface area contributed by atoms with E-state index in [2.05, 4.69) is 15.0 Å². The third-order valence-electron chi connectivity index (χ3n) is 3.82. The summed E-state index contributed by atoms with van der Waals surface area (Å²) in [7, 11) is 0. The molecule has 25 heavy (non-hydrogen) atoms. The average molecular weight is 335 g/mol. The summed E-state index contributed by atoms with van der Waals surface area (Å²) in [5.74, 6) is -0.391. The van der Waals surface area contributed by atoms with E-state index in [4.69, 9.17) is 16.6 Å². The molecule has 0 unspecified atom stereocenters. The number of nitrogens with two attached hydrogens (primary N) is 2. The summed E-state index contributed by atoms with van der Waals surface area (Å²) in [6, 6.07) is 10.0. The Morgan fingerprint density at radius 3 is 2.28 bits per heavy atom. The molecule has 0 bridgehead atoms. The van der Waals surface area contributed by atoms with E-state index < -0.39 is 5.97 Å². The lowest BCUT2D eigenvalue weighted by Gasteiger charge is -2.14. The fraction of sp³-hybridized carbons (Fsp3) is 0.111. The number of anilines is 2. The minimum absolute atomic E-state index is 0.168. The van der Waals surface area contributed by atoms with Crippen molar-refractivity contribution in [2.75, 3.05) is 11.5 Å². The molecule has 0 atom stereocenters. The third-order valence-corrected chi connectivity index (χ3v) is 3.82. The average Bonchev–Trinajstić information content (AvgIpc) is 2.62. The van der Waals surface area contributed by atoms with Gasteiger partial charge in [-0.2, -0.15) is 0 Å². The van der Waals surface area contributed by atoms with Gasteiger partial charge < -0.3 is 16.6 Å². The predicted octanol–water partition coefficient (Wildman–Crippen LogP) is 2.63. The van der Waals surface area contributed by atoms with E-state index in [1.807, 2.05) is 13.0 Å². The second-order valence-corrected chi connectivity index (χ2v) is 5.46. The van der Waals surface area contributed by atoms with Crippen molar-refractivity contribution in [3.63, 3.8) is 0 Å². The van der Waals surface area contributed by atoms with Gasteiger partial charge in [-0.3, -0.25) is 0 Å². The lowest BCUT2D eigenvalue weighted by molar-refractivity contribution is 0.0697. The van der Waals surface area contributed by atoms with Crippen LogP contribution in [0.1, 0.15) is 23.0 Å². The molecule has 0 aliphatic heterocycles. The number of carboxylic acid groups (broad SMARTS) is 1. The van der Waals surface area contributed by atoms with E-state index in [1.54, 1.807) is 24.4 Å². The topological polar surface area (TPSA) is 128 Å². The summed E-state index contributed by atoms with van der Waals surface area (Å²) in [5.41, 5.74) is 15.6. The van der Waals surface area contributed by atoms with Gasteiger partial charge in [0.1, 0.15) is 5.82 Å². The standard InChI is InChI=1S/C18H17N5O2/c1-2-13-15(12-7-8-14(19)21-9-12)16(23-18(20)22-13)10-3-5-11(6-4-10)17(24)25/h3-9H,2H2,1H3,(H2,19,21)(H,24,25)(H2,20,22,23). The van der Waals surface area contributed by atoms with Gasteiger partial charge in [-0.1, -0.05) is 19.1 Å². The van der Waals surface area contributed by atoms with Gasteiger partial charge in [0.15, 0.2) is 0 Å². The number of aromatic nitrogens is 3. The van der Waals surface area contributed by atoms with Gasteiger partial charge in [-0.25, -0.2) is 19.7 Å². The number of carbonyl (C=O) groups is 1. The summed E-state index contributed by atoms with van der Waals surface area (Å²) < 4.78 is 0. The number of nitrogens with zero attached hydrogens (tertiary/aromatic N) is 3. The molecule has 0 amide bonds. The first-order chi connectivity index (χ1) is 12.0. The number of carboxylic acids is 1. The van der Waals surface area contributed by atoms with Crippen molar-refractivity contribution >= 4 is 17.7 Å². The van der Waals surface area contributed by atoms with Gasteiger partial charge in [0.05, 0.1) is 17.0 Å². The number of aryl methyl sites for hydroxylation is 1. The van der Waals surface area contributed by atoms with E-state index in [1.165, 1.54) is 12.1 Å². The van der Waals surface area contributed by atoms with Crippen LogP contribution in [0.2, 0.25) is 0 Å². The molecule has 0 saturated carbocycles. The number of nitrogen functional groups attached to an aromatic ring is 2. The summed E-state index contributed by atoms with van der Waals surface area (Å²) in [6.07, 6.45) is 2.32. The third kappa shape index (κ3) is 3.25. The Morgan fingerprint density at radius 2 is 1.72 bits per heavy atom. The zero-order valence-electron chi connectivity index (χ0n) is 13.6. The van der Waals surface area contributed by atoms with Crippen LogP contribution in [0.25, 0.3) is 22.4 Å². The van der Waals surface area contributed by atoms with Gasteiger partial charge in [0.25, 0.3) is 0 Å². The second-order valence-electron chi connectivity index (χ2n) is 5.46. The zero-order valence-corrected chi connectivity index (χ0v) is 13.6. The molecule has 0 radical (unpaired) electrons. The molecule has 2 heterocycles. The van der Waals surface area contributed by atoms with Crippen LogP contribution in [0.15, 0.2) is 42.6 Å². The molecule has 126 valence electrons. The largest absolute Gasteiger partial charge is 0.478 e. The van der Waals surface area contributed by atoms with Crippen LogP contribution in [0.3, 0.4) is 0 Å². The highest BCUT2D eigenvalue weighted by molar-refractivity contribution is 5.89. The van der Waals surface area contributed by atoms with Crippen LogP contribution < -0.4 is 11.5 Å². The van der Waals surface area contributed by atoms with Crippen molar-refractivity contribution in [2.45, 2.75) is 13.3 Å². The van der Waals surface area contributed by atoms with Crippen molar-refractivity contribution in [2.24, 2.45) is 0 Å². The van der Waals surface area contributed by atoms with Gasteiger partial charge in [-0.15, -0.1) is 0 Å². The number of pyridine rings is 1. The highest BCUT2D eigenvalue weighted by Gasteiger charge is 2.17. The Kier molecular flexibility index (Phi) is 4.30. The van der Waals surface area contributed by atoms with Crippen LogP contribution in [-0.2, 0) is 6.42 Å². The maximum Gasteiger partial charge on any atom is 0.335 e. The Labute approximate surface area is 144 Å². The quantitative estimate of drug-likeness (QED) is 0.668. The fourth-order valence-electron chi connectivity index (χ4n) is 2.62. The number of aromatic carboxylic acids is 1. The zero-order chi connectivity index (χ0) is 18.0. The van der Waals surface area contributed by atoms with Gasteiger partial charge in [-0.05, 0) is 30.7 Å². The van der Waals surface area contributed by atoms with Crippen molar-refractivity contribution in [3.8, 4) is 22.4 Å². The highest BCUT2D eigenvalue weighted by Crippen LogP contribution is 2.33. The summed E-state index contributed by atoms with van der Waals surface area (Å²) >= 11 is 0. The smallest absolute Gasteiger partial charge is 0.335 e. The Hall–Kier alpha value is -3.48. The Balaban J connectivity index is 2.22. The SMILES string of the molecule is CCc1nc(N)nc(-c2ccc(C(=O)O)cc2)c1-c1ccc(N)nc1. The molecule has 0 aliphatic carbocycles. The molecule has 7 heteroatoms. The van der Waals surface area contributed by atoms with Crippen LogP contribution in [0.4, 0.5) is 11.8 Å². The van der Waals surface area contributed by atoms with E-state index in [-0.39, 0.29) is 11.5 Å². The van der Waals surface area contributed by atoms with E-state index in [0.29, 0.717) is 17.9 Å². The van der Waals surface area contributed by atoms with Crippen LogP contribution in [0.5, 0.6) is 0 Å². The number of rotatable bonds is 4. The number of hydrogen-bond acceptors (Lipinski definition) is 6. The molecule has 0 aliphatic rings. The lowest BCUT2D eigenvalue weighted by atomic mass is 9.97. The van der Waals surface area contributed by atoms with Crippen molar-refractivity contribution in [1.29, 1.82) is 0 Å². The van der Waals surface area contributed by atoms with Crippen LogP contribution >= 0.6 is 0 Å². The van der Waals surface area contributed by atoms with Crippen LogP contribution in [-0.4, -0.2) is 26.0 Å².